The van der Waals surface area contributed by atoms with Crippen LogP contribution in [0.15, 0.2) is 29.3 Å². The number of guanidine groups is 1. The van der Waals surface area contributed by atoms with Crippen LogP contribution in [0.2, 0.25) is 0 Å². The number of nitrogens with zero attached hydrogens (tertiary/aromatic N) is 3. The van der Waals surface area contributed by atoms with Crippen LogP contribution in [0.4, 0.5) is 0 Å². The van der Waals surface area contributed by atoms with Crippen molar-refractivity contribution in [3.63, 3.8) is 0 Å². The van der Waals surface area contributed by atoms with Gasteiger partial charge in [-0.05, 0) is 50.7 Å². The smallest absolute Gasteiger partial charge is 0.191 e. The molecule has 0 atom stereocenters. The molecule has 1 aliphatic heterocycles. The Bertz CT molecular complexity index is 505. The van der Waals surface area contributed by atoms with Crippen molar-refractivity contribution in [2.45, 2.75) is 39.3 Å². The number of rotatable bonds is 8. The van der Waals surface area contributed by atoms with Crippen molar-refractivity contribution in [3.8, 4) is 0 Å². The average Bonchev–Trinajstić information content (AvgIpc) is 2.66. The Morgan fingerprint density at radius 3 is 2.40 bits per heavy atom. The lowest BCUT2D eigenvalue weighted by molar-refractivity contribution is 0.221. The van der Waals surface area contributed by atoms with Gasteiger partial charge in [-0.3, -0.25) is 9.89 Å². The number of likely N-dealkylation sites (tertiary alicyclic amines) is 1. The van der Waals surface area contributed by atoms with Crippen molar-refractivity contribution >= 4 is 5.96 Å². The minimum atomic E-state index is 0.799. The number of benzene rings is 1. The van der Waals surface area contributed by atoms with Crippen LogP contribution in [0, 0.1) is 0 Å². The predicted molar refractivity (Wildman–Crippen MR) is 107 cm³/mol. The van der Waals surface area contributed by atoms with Crippen LogP contribution in [0.3, 0.4) is 0 Å². The highest BCUT2D eigenvalue weighted by Crippen LogP contribution is 2.13. The van der Waals surface area contributed by atoms with E-state index in [4.69, 9.17) is 0 Å². The average molecular weight is 346 g/mol. The topological polar surface area (TPSA) is 42.9 Å². The summed E-state index contributed by atoms with van der Waals surface area (Å²) in [6.45, 7) is 9.53. The molecule has 25 heavy (non-hydrogen) atoms. The molecule has 0 amide bonds. The first-order valence-electron chi connectivity index (χ1n) is 9.64. The summed E-state index contributed by atoms with van der Waals surface area (Å²) in [6.07, 6.45) is 4.09. The molecule has 1 aliphatic rings. The second kappa shape index (κ2) is 11.1. The maximum Gasteiger partial charge on any atom is 0.191 e. The van der Waals surface area contributed by atoms with Gasteiger partial charge in [0.05, 0.1) is 0 Å². The SMILES string of the molecule is CCN(C)CCNC(=NC)NCc1ccc(CN2CCCCC2)cc1. The molecule has 140 valence electrons. The molecule has 1 saturated heterocycles. The van der Waals surface area contributed by atoms with Crippen molar-refractivity contribution in [1.82, 2.24) is 20.4 Å². The number of hydrogen-bond acceptors (Lipinski definition) is 3. The first-order chi connectivity index (χ1) is 12.2. The molecular weight excluding hydrogens is 310 g/mol. The molecule has 0 radical (unpaired) electrons. The Morgan fingerprint density at radius 2 is 1.76 bits per heavy atom. The zero-order valence-corrected chi connectivity index (χ0v) is 16.2. The van der Waals surface area contributed by atoms with E-state index in [0.29, 0.717) is 0 Å². The second-order valence-corrected chi connectivity index (χ2v) is 6.90. The number of likely N-dealkylation sites (N-methyl/N-ethyl adjacent to an activating group) is 1. The second-order valence-electron chi connectivity index (χ2n) is 6.90. The van der Waals surface area contributed by atoms with E-state index < -0.39 is 0 Å². The van der Waals surface area contributed by atoms with Crippen molar-refractivity contribution in [2.75, 3.05) is 46.8 Å². The molecule has 0 bridgehead atoms. The van der Waals surface area contributed by atoms with Crippen LogP contribution >= 0.6 is 0 Å². The molecule has 0 aliphatic carbocycles. The van der Waals surface area contributed by atoms with Crippen LogP contribution in [-0.4, -0.2) is 62.6 Å². The van der Waals surface area contributed by atoms with Crippen LogP contribution in [0.5, 0.6) is 0 Å². The fourth-order valence-electron chi connectivity index (χ4n) is 3.07. The maximum atomic E-state index is 4.29. The summed E-state index contributed by atoms with van der Waals surface area (Å²) >= 11 is 0. The first-order valence-corrected chi connectivity index (χ1v) is 9.64. The van der Waals surface area contributed by atoms with E-state index in [1.807, 2.05) is 7.05 Å². The molecule has 5 nitrogen and oxygen atoms in total. The highest BCUT2D eigenvalue weighted by Gasteiger charge is 2.10. The lowest BCUT2D eigenvalue weighted by Gasteiger charge is -2.26. The molecule has 1 aromatic carbocycles. The Balaban J connectivity index is 1.72. The summed E-state index contributed by atoms with van der Waals surface area (Å²) in [7, 11) is 3.95. The summed E-state index contributed by atoms with van der Waals surface area (Å²) in [5.74, 6) is 0.863. The minimum absolute atomic E-state index is 0.799. The Labute approximate surface area is 153 Å². The van der Waals surface area contributed by atoms with Gasteiger partial charge in [0.2, 0.25) is 0 Å². The van der Waals surface area contributed by atoms with Gasteiger partial charge < -0.3 is 15.5 Å². The summed E-state index contributed by atoms with van der Waals surface area (Å²) < 4.78 is 0. The molecule has 1 fully saturated rings. The van der Waals surface area contributed by atoms with Gasteiger partial charge in [0.15, 0.2) is 5.96 Å². The van der Waals surface area contributed by atoms with E-state index in [2.05, 4.69) is 63.7 Å². The van der Waals surface area contributed by atoms with Gasteiger partial charge in [-0.15, -0.1) is 0 Å². The molecule has 0 aromatic heterocycles. The molecule has 2 N–H and O–H groups in total. The molecule has 0 spiro atoms. The van der Waals surface area contributed by atoms with E-state index in [0.717, 1.165) is 38.7 Å². The van der Waals surface area contributed by atoms with Crippen molar-refractivity contribution in [2.24, 2.45) is 4.99 Å². The molecule has 2 rings (SSSR count). The summed E-state index contributed by atoms with van der Waals surface area (Å²) in [4.78, 5) is 9.13. The highest BCUT2D eigenvalue weighted by molar-refractivity contribution is 5.79. The van der Waals surface area contributed by atoms with E-state index >= 15 is 0 Å². The van der Waals surface area contributed by atoms with Gasteiger partial charge >= 0.3 is 0 Å². The van der Waals surface area contributed by atoms with Gasteiger partial charge in [-0.1, -0.05) is 37.6 Å². The summed E-state index contributed by atoms with van der Waals surface area (Å²) in [5, 5.41) is 6.75. The number of piperidine rings is 1. The van der Waals surface area contributed by atoms with Crippen LogP contribution < -0.4 is 10.6 Å². The van der Waals surface area contributed by atoms with Crippen LogP contribution in [0.25, 0.3) is 0 Å². The van der Waals surface area contributed by atoms with E-state index in [1.165, 1.54) is 43.5 Å². The Hall–Kier alpha value is -1.59. The third-order valence-corrected chi connectivity index (χ3v) is 4.89. The van der Waals surface area contributed by atoms with Crippen molar-refractivity contribution < 1.29 is 0 Å². The van der Waals surface area contributed by atoms with Gasteiger partial charge in [-0.25, -0.2) is 0 Å². The molecule has 1 aromatic rings. The quantitative estimate of drug-likeness (QED) is 0.560. The third-order valence-electron chi connectivity index (χ3n) is 4.89. The molecular formula is C20H35N5. The number of aliphatic imine (C=N–C) groups is 1. The lowest BCUT2D eigenvalue weighted by Crippen LogP contribution is -2.40. The maximum absolute atomic E-state index is 4.29. The van der Waals surface area contributed by atoms with Gasteiger partial charge in [0.1, 0.15) is 0 Å². The summed E-state index contributed by atoms with van der Waals surface area (Å²) in [5.41, 5.74) is 2.70. The zero-order chi connectivity index (χ0) is 17.9. The summed E-state index contributed by atoms with van der Waals surface area (Å²) in [6, 6.07) is 8.98. The number of hydrogen-bond donors (Lipinski definition) is 2. The monoisotopic (exact) mass is 345 g/mol. The largest absolute Gasteiger partial charge is 0.355 e. The first kappa shape index (κ1) is 19.7. The van der Waals surface area contributed by atoms with Crippen molar-refractivity contribution in [3.05, 3.63) is 35.4 Å². The fourth-order valence-corrected chi connectivity index (χ4v) is 3.07. The predicted octanol–water partition coefficient (Wildman–Crippen LogP) is 2.29. The van der Waals surface area contributed by atoms with E-state index in [-0.39, 0.29) is 0 Å². The number of nitrogens with one attached hydrogen (secondary N) is 2. The zero-order valence-electron chi connectivity index (χ0n) is 16.2. The molecule has 5 heteroatoms. The Kier molecular flexibility index (Phi) is 8.77. The highest BCUT2D eigenvalue weighted by atomic mass is 15.2. The van der Waals surface area contributed by atoms with Crippen LogP contribution in [-0.2, 0) is 13.1 Å². The van der Waals surface area contributed by atoms with Gasteiger partial charge in [0, 0.05) is 33.2 Å². The molecule has 0 saturated carbocycles. The van der Waals surface area contributed by atoms with Gasteiger partial charge in [-0.2, -0.15) is 0 Å². The van der Waals surface area contributed by atoms with Crippen LogP contribution in [0.1, 0.15) is 37.3 Å². The van der Waals surface area contributed by atoms with E-state index in [9.17, 15) is 0 Å². The van der Waals surface area contributed by atoms with Gasteiger partial charge in [0.25, 0.3) is 0 Å². The Morgan fingerprint density at radius 1 is 1.08 bits per heavy atom. The fraction of sp³-hybridized carbons (Fsp3) is 0.650. The standard InChI is InChI=1S/C20H35N5/c1-4-24(3)15-12-22-20(21-2)23-16-18-8-10-19(11-9-18)17-25-13-6-5-7-14-25/h8-11H,4-7,12-17H2,1-3H3,(H2,21,22,23). The normalized spacial score (nSPS) is 16.2. The lowest BCUT2D eigenvalue weighted by atomic mass is 10.1. The minimum Gasteiger partial charge on any atom is -0.355 e. The van der Waals surface area contributed by atoms with E-state index in [1.54, 1.807) is 0 Å². The molecule has 1 heterocycles. The molecule has 0 unspecified atom stereocenters. The van der Waals surface area contributed by atoms with Crippen molar-refractivity contribution in [1.29, 1.82) is 0 Å². The third kappa shape index (κ3) is 7.45.